The van der Waals surface area contributed by atoms with Crippen molar-refractivity contribution < 1.29 is 9.59 Å². The lowest BCUT2D eigenvalue weighted by Crippen LogP contribution is -2.46. The summed E-state index contributed by atoms with van der Waals surface area (Å²) in [5.41, 5.74) is 2.56. The largest absolute Gasteiger partial charge is 0.342 e. The molecule has 1 N–H and O–H groups in total. The molecule has 1 saturated heterocycles. The highest BCUT2D eigenvalue weighted by Gasteiger charge is 2.45. The highest BCUT2D eigenvalue weighted by molar-refractivity contribution is 7.19. The quantitative estimate of drug-likeness (QED) is 0.550. The molecule has 3 aromatic rings. The number of anilines is 2. The van der Waals surface area contributed by atoms with E-state index in [0.29, 0.717) is 23.6 Å². The van der Waals surface area contributed by atoms with Crippen LogP contribution in [-0.4, -0.2) is 44.2 Å². The smallest absolute Gasteiger partial charge is 0.275 e. The lowest BCUT2D eigenvalue weighted by Gasteiger charge is -2.35. The lowest BCUT2D eigenvalue weighted by atomic mass is 9.80. The summed E-state index contributed by atoms with van der Waals surface area (Å²) in [5, 5.41) is 4.33. The molecule has 1 amide bonds. The van der Waals surface area contributed by atoms with Crippen LogP contribution < -0.4 is 10.9 Å². The number of rotatable bonds is 3. The van der Waals surface area contributed by atoms with Crippen LogP contribution in [0.2, 0.25) is 0 Å². The van der Waals surface area contributed by atoms with E-state index < -0.39 is 0 Å². The highest BCUT2D eigenvalue weighted by atomic mass is 32.1. The molecule has 1 spiro atoms. The van der Waals surface area contributed by atoms with E-state index in [0.717, 1.165) is 86.7 Å². The number of aryl methyl sites for hydroxylation is 2. The molecule has 0 unspecified atom stereocenters. The third-order valence-electron chi connectivity index (χ3n) is 9.02. The Hall–Kier alpha value is -3.07. The molecular weight excluding hydrogens is 486 g/mol. The minimum atomic E-state index is -0.384. The van der Waals surface area contributed by atoms with Gasteiger partial charge in [-0.15, -0.1) is 11.3 Å². The molecular formula is C28H31N5O3S. The molecule has 192 valence electrons. The minimum absolute atomic E-state index is 0.0402. The predicted molar refractivity (Wildman–Crippen MR) is 143 cm³/mol. The van der Waals surface area contributed by atoms with Crippen molar-refractivity contribution in [2.45, 2.75) is 76.7 Å². The van der Waals surface area contributed by atoms with Crippen molar-refractivity contribution in [1.82, 2.24) is 19.4 Å². The number of hydrogen-bond acceptors (Lipinski definition) is 7. The zero-order valence-corrected chi connectivity index (χ0v) is 22.0. The molecule has 1 atom stereocenters. The number of pyridine rings is 1. The van der Waals surface area contributed by atoms with Gasteiger partial charge in [-0.3, -0.25) is 19.0 Å². The molecule has 9 heteroatoms. The van der Waals surface area contributed by atoms with Crippen molar-refractivity contribution in [3.63, 3.8) is 0 Å². The Labute approximate surface area is 219 Å². The highest BCUT2D eigenvalue weighted by Crippen LogP contribution is 2.44. The molecule has 4 aliphatic rings. The van der Waals surface area contributed by atoms with Crippen LogP contribution in [0.25, 0.3) is 10.2 Å². The standard InChI is InChI=1S/C28H31N5O3S/c1-16-12-19(27(36)33-23(16)20(34)14-28(33)8-3-2-4-9-28)31-24-22-18-7-6-17(26(35)32-10-5-11-32)13-21(18)37-25(22)30-15-29-24/h12,15,17H,2-11,13-14H2,1H3,(H,29,30,31)/t17-/m0/s1. The van der Waals surface area contributed by atoms with Gasteiger partial charge in [0.2, 0.25) is 5.91 Å². The van der Waals surface area contributed by atoms with Crippen LogP contribution in [0.15, 0.2) is 17.2 Å². The Kier molecular flexibility index (Phi) is 5.29. The van der Waals surface area contributed by atoms with Crippen LogP contribution in [0, 0.1) is 12.8 Å². The lowest BCUT2D eigenvalue weighted by molar-refractivity contribution is -0.139. The van der Waals surface area contributed by atoms with Crippen molar-refractivity contribution in [2.24, 2.45) is 5.92 Å². The Morgan fingerprint density at radius 2 is 1.95 bits per heavy atom. The van der Waals surface area contributed by atoms with Crippen LogP contribution in [0.1, 0.15) is 77.9 Å². The van der Waals surface area contributed by atoms with E-state index in [1.54, 1.807) is 17.7 Å². The second-order valence-corrected chi connectivity index (χ2v) is 12.3. The van der Waals surface area contributed by atoms with Gasteiger partial charge in [0.15, 0.2) is 5.78 Å². The van der Waals surface area contributed by atoms with Gasteiger partial charge in [-0.25, -0.2) is 9.97 Å². The van der Waals surface area contributed by atoms with Crippen LogP contribution in [0.5, 0.6) is 0 Å². The summed E-state index contributed by atoms with van der Waals surface area (Å²) < 4.78 is 1.82. The summed E-state index contributed by atoms with van der Waals surface area (Å²) in [4.78, 5) is 52.9. The first kappa shape index (κ1) is 23.1. The van der Waals surface area contributed by atoms with Crippen LogP contribution >= 0.6 is 11.3 Å². The molecule has 0 bridgehead atoms. The monoisotopic (exact) mass is 517 g/mol. The number of fused-ring (bicyclic) bond motifs is 5. The second kappa shape index (κ2) is 8.48. The first-order valence-corrected chi connectivity index (χ1v) is 14.4. The molecule has 7 rings (SSSR count). The zero-order chi connectivity index (χ0) is 25.3. The van der Waals surface area contributed by atoms with Crippen molar-refractivity contribution in [2.75, 3.05) is 18.4 Å². The SMILES string of the molecule is Cc1cc(Nc2ncnc3sc4c(c23)CC[C@H](C(=O)N2CCC2)C4)c(=O)n2c1C(=O)CC21CCCCC1. The summed E-state index contributed by atoms with van der Waals surface area (Å²) in [5.74, 6) is 1.04. The first-order chi connectivity index (χ1) is 17.9. The number of ketones is 1. The molecule has 2 aliphatic heterocycles. The fraction of sp³-hybridized carbons (Fsp3) is 0.536. The Morgan fingerprint density at radius 3 is 2.70 bits per heavy atom. The van der Waals surface area contributed by atoms with E-state index in [1.807, 2.05) is 22.5 Å². The maximum Gasteiger partial charge on any atom is 0.275 e. The summed E-state index contributed by atoms with van der Waals surface area (Å²) in [6.45, 7) is 3.70. The maximum absolute atomic E-state index is 13.9. The van der Waals surface area contributed by atoms with Crippen molar-refractivity contribution in [1.29, 1.82) is 0 Å². The molecule has 3 aromatic heterocycles. The second-order valence-electron chi connectivity index (χ2n) is 11.3. The van der Waals surface area contributed by atoms with E-state index in [-0.39, 0.29) is 28.7 Å². The molecule has 0 aromatic carbocycles. The topological polar surface area (TPSA) is 97.2 Å². The number of amides is 1. The van der Waals surface area contributed by atoms with Gasteiger partial charge in [0, 0.05) is 30.3 Å². The number of likely N-dealkylation sites (tertiary alicyclic amines) is 1. The van der Waals surface area contributed by atoms with E-state index >= 15 is 0 Å². The molecule has 5 heterocycles. The van der Waals surface area contributed by atoms with E-state index in [1.165, 1.54) is 10.4 Å². The van der Waals surface area contributed by atoms with Gasteiger partial charge >= 0.3 is 0 Å². The Balaban J connectivity index is 1.27. The number of aromatic nitrogens is 3. The number of nitrogens with zero attached hydrogens (tertiary/aromatic N) is 4. The number of carbonyl (C=O) groups excluding carboxylic acids is 2. The summed E-state index contributed by atoms with van der Waals surface area (Å²) in [6, 6.07) is 1.81. The van der Waals surface area contributed by atoms with Crippen molar-refractivity contribution >= 4 is 44.7 Å². The average Bonchev–Trinajstić information content (AvgIpc) is 3.36. The number of nitrogens with one attached hydrogen (secondary N) is 1. The molecule has 8 nitrogen and oxygen atoms in total. The van der Waals surface area contributed by atoms with E-state index in [9.17, 15) is 14.4 Å². The summed E-state index contributed by atoms with van der Waals surface area (Å²) in [7, 11) is 0. The zero-order valence-electron chi connectivity index (χ0n) is 21.1. The predicted octanol–water partition coefficient (Wildman–Crippen LogP) is 4.49. The molecule has 2 aliphatic carbocycles. The molecule has 0 radical (unpaired) electrons. The van der Waals surface area contributed by atoms with Crippen LogP contribution in [-0.2, 0) is 23.2 Å². The van der Waals surface area contributed by atoms with Gasteiger partial charge < -0.3 is 10.2 Å². The van der Waals surface area contributed by atoms with Gasteiger partial charge in [0.25, 0.3) is 5.56 Å². The first-order valence-electron chi connectivity index (χ1n) is 13.6. The fourth-order valence-electron chi connectivity index (χ4n) is 7.04. The van der Waals surface area contributed by atoms with Crippen LogP contribution in [0.3, 0.4) is 0 Å². The molecule has 1 saturated carbocycles. The van der Waals surface area contributed by atoms with E-state index in [4.69, 9.17) is 0 Å². The number of carbonyl (C=O) groups is 2. The number of Topliss-reactive ketones (excluding diaryl/α,β-unsaturated/α-hetero) is 1. The van der Waals surface area contributed by atoms with E-state index in [2.05, 4.69) is 15.3 Å². The molecule has 37 heavy (non-hydrogen) atoms. The normalized spacial score (nSPS) is 22.1. The van der Waals surface area contributed by atoms with Crippen molar-refractivity contribution in [3.8, 4) is 0 Å². The number of thiophene rings is 1. The number of hydrogen-bond donors (Lipinski definition) is 1. The van der Waals surface area contributed by atoms with Crippen LogP contribution in [0.4, 0.5) is 11.5 Å². The summed E-state index contributed by atoms with van der Waals surface area (Å²) >= 11 is 1.64. The molecule has 2 fully saturated rings. The fourth-order valence-corrected chi connectivity index (χ4v) is 8.31. The third-order valence-corrected chi connectivity index (χ3v) is 10.2. The van der Waals surface area contributed by atoms with Gasteiger partial charge in [-0.1, -0.05) is 19.3 Å². The maximum atomic E-state index is 13.9. The van der Waals surface area contributed by atoms with Crippen molar-refractivity contribution in [3.05, 3.63) is 44.4 Å². The average molecular weight is 518 g/mol. The van der Waals surface area contributed by atoms with Gasteiger partial charge in [-0.2, -0.15) is 0 Å². The van der Waals surface area contributed by atoms with Gasteiger partial charge in [0.1, 0.15) is 22.7 Å². The Bertz CT molecular complexity index is 1510. The van der Waals surface area contributed by atoms with Gasteiger partial charge in [0.05, 0.1) is 16.6 Å². The minimum Gasteiger partial charge on any atom is -0.342 e. The third kappa shape index (κ3) is 3.50. The Morgan fingerprint density at radius 1 is 1.14 bits per heavy atom. The summed E-state index contributed by atoms with van der Waals surface area (Å²) in [6.07, 6.45) is 10.5. The van der Waals surface area contributed by atoms with Gasteiger partial charge in [-0.05, 0) is 62.6 Å².